The van der Waals surface area contributed by atoms with E-state index in [4.69, 9.17) is 0 Å². The SMILES string of the molecule is Cc1c(C(C)C)ccc(C(=O)O)c1N1C(=O)CSC1c1ccc(F)cc1. The zero-order valence-electron chi connectivity index (χ0n) is 14.8. The van der Waals surface area contributed by atoms with Gasteiger partial charge in [0.15, 0.2) is 0 Å². The van der Waals surface area contributed by atoms with Crippen LogP contribution in [0.25, 0.3) is 0 Å². The molecule has 1 heterocycles. The fourth-order valence-corrected chi connectivity index (χ4v) is 4.53. The zero-order valence-corrected chi connectivity index (χ0v) is 15.6. The summed E-state index contributed by atoms with van der Waals surface area (Å²) in [6.07, 6.45) is 0. The molecule has 26 heavy (non-hydrogen) atoms. The number of halogens is 1. The number of carbonyl (C=O) groups excluding carboxylic acids is 1. The van der Waals surface area contributed by atoms with Crippen molar-refractivity contribution in [3.63, 3.8) is 0 Å². The van der Waals surface area contributed by atoms with Crippen molar-refractivity contribution in [2.75, 3.05) is 10.7 Å². The average Bonchev–Trinajstić information content (AvgIpc) is 2.96. The fraction of sp³-hybridized carbons (Fsp3) is 0.300. The molecule has 2 aromatic carbocycles. The predicted octanol–water partition coefficient (Wildman–Crippen LogP) is 4.73. The van der Waals surface area contributed by atoms with Crippen molar-refractivity contribution in [3.8, 4) is 0 Å². The van der Waals surface area contributed by atoms with Crippen LogP contribution in [0.1, 0.15) is 52.2 Å². The van der Waals surface area contributed by atoms with Gasteiger partial charge >= 0.3 is 5.97 Å². The molecule has 1 unspecified atom stereocenters. The number of carboxylic acids is 1. The van der Waals surface area contributed by atoms with E-state index >= 15 is 0 Å². The quantitative estimate of drug-likeness (QED) is 0.841. The van der Waals surface area contributed by atoms with Gasteiger partial charge in [0.25, 0.3) is 0 Å². The largest absolute Gasteiger partial charge is 0.478 e. The minimum Gasteiger partial charge on any atom is -0.478 e. The Morgan fingerprint density at radius 3 is 2.46 bits per heavy atom. The summed E-state index contributed by atoms with van der Waals surface area (Å²) < 4.78 is 13.3. The molecule has 1 amide bonds. The number of carbonyl (C=O) groups is 2. The van der Waals surface area contributed by atoms with Gasteiger partial charge in [-0.1, -0.05) is 32.0 Å². The first-order valence-corrected chi connectivity index (χ1v) is 9.42. The second-order valence-corrected chi connectivity index (χ2v) is 7.68. The second kappa shape index (κ2) is 7.11. The fourth-order valence-electron chi connectivity index (χ4n) is 3.36. The number of nitrogens with zero attached hydrogens (tertiary/aromatic N) is 1. The van der Waals surface area contributed by atoms with Crippen molar-refractivity contribution in [1.29, 1.82) is 0 Å². The summed E-state index contributed by atoms with van der Waals surface area (Å²) in [4.78, 5) is 26.0. The Morgan fingerprint density at radius 1 is 1.23 bits per heavy atom. The number of rotatable bonds is 4. The molecule has 136 valence electrons. The van der Waals surface area contributed by atoms with Crippen LogP contribution in [0.5, 0.6) is 0 Å². The van der Waals surface area contributed by atoms with Crippen LogP contribution in [0.2, 0.25) is 0 Å². The number of hydrogen-bond acceptors (Lipinski definition) is 3. The Bertz CT molecular complexity index is 864. The molecule has 1 fully saturated rings. The third-order valence-electron chi connectivity index (χ3n) is 4.59. The highest BCUT2D eigenvalue weighted by molar-refractivity contribution is 8.00. The van der Waals surface area contributed by atoms with Crippen molar-refractivity contribution in [3.05, 3.63) is 64.5 Å². The lowest BCUT2D eigenvalue weighted by molar-refractivity contribution is -0.115. The molecule has 6 heteroatoms. The first kappa shape index (κ1) is 18.5. The van der Waals surface area contributed by atoms with Crippen LogP contribution in [0.4, 0.5) is 10.1 Å². The number of amides is 1. The summed E-state index contributed by atoms with van der Waals surface area (Å²) in [5, 5.41) is 9.29. The minimum absolute atomic E-state index is 0.106. The van der Waals surface area contributed by atoms with E-state index in [1.807, 2.05) is 26.8 Å². The van der Waals surface area contributed by atoms with Crippen LogP contribution >= 0.6 is 11.8 Å². The van der Waals surface area contributed by atoms with E-state index in [2.05, 4.69) is 0 Å². The van der Waals surface area contributed by atoms with Gasteiger partial charge in [-0.15, -0.1) is 11.8 Å². The Balaban J connectivity index is 2.18. The molecule has 1 atom stereocenters. The molecule has 3 rings (SSSR count). The van der Waals surface area contributed by atoms with Gasteiger partial charge < -0.3 is 5.11 Å². The van der Waals surface area contributed by atoms with Crippen LogP contribution in [-0.2, 0) is 4.79 Å². The molecule has 1 N–H and O–H groups in total. The van der Waals surface area contributed by atoms with Gasteiger partial charge in [0.2, 0.25) is 5.91 Å². The third kappa shape index (κ3) is 3.21. The van der Waals surface area contributed by atoms with E-state index in [0.29, 0.717) is 5.69 Å². The maximum atomic E-state index is 13.3. The minimum atomic E-state index is -1.07. The van der Waals surface area contributed by atoms with E-state index in [1.54, 1.807) is 23.1 Å². The Kier molecular flexibility index (Phi) is 5.05. The number of hydrogen-bond donors (Lipinski definition) is 1. The number of thioether (sulfide) groups is 1. The van der Waals surface area contributed by atoms with Crippen molar-refractivity contribution in [2.24, 2.45) is 0 Å². The zero-order chi connectivity index (χ0) is 19.0. The standard InChI is InChI=1S/C20H20FNO3S/c1-11(2)15-8-9-16(20(24)25)18(12(15)3)22-17(23)10-26-19(22)13-4-6-14(21)7-5-13/h4-9,11,19H,10H2,1-3H3,(H,24,25). The van der Waals surface area contributed by atoms with Crippen molar-refractivity contribution in [1.82, 2.24) is 0 Å². The van der Waals surface area contributed by atoms with E-state index < -0.39 is 5.97 Å². The first-order valence-electron chi connectivity index (χ1n) is 8.37. The second-order valence-electron chi connectivity index (χ2n) is 6.61. The van der Waals surface area contributed by atoms with E-state index in [0.717, 1.165) is 16.7 Å². The van der Waals surface area contributed by atoms with Gasteiger partial charge in [-0.25, -0.2) is 9.18 Å². The molecule has 0 saturated carbocycles. The molecule has 1 aliphatic heterocycles. The predicted molar refractivity (Wildman–Crippen MR) is 101 cm³/mol. The first-order chi connectivity index (χ1) is 12.3. The van der Waals surface area contributed by atoms with Crippen molar-refractivity contribution >= 4 is 29.3 Å². The van der Waals surface area contributed by atoms with Crippen LogP contribution in [-0.4, -0.2) is 22.7 Å². The summed E-state index contributed by atoms with van der Waals surface area (Å²) >= 11 is 1.42. The molecule has 0 aliphatic carbocycles. The lowest BCUT2D eigenvalue weighted by atomic mass is 9.93. The van der Waals surface area contributed by atoms with Crippen molar-refractivity contribution < 1.29 is 19.1 Å². The Morgan fingerprint density at radius 2 is 1.88 bits per heavy atom. The third-order valence-corrected chi connectivity index (χ3v) is 5.80. The lowest BCUT2D eigenvalue weighted by Crippen LogP contribution is -2.30. The molecular weight excluding hydrogens is 353 g/mol. The van der Waals surface area contributed by atoms with Gasteiger partial charge in [-0.3, -0.25) is 9.69 Å². The summed E-state index contributed by atoms with van der Waals surface area (Å²) in [6, 6.07) is 9.37. The molecule has 4 nitrogen and oxygen atoms in total. The molecule has 1 saturated heterocycles. The Labute approximate surface area is 156 Å². The number of carboxylic acid groups (broad SMARTS) is 1. The maximum absolute atomic E-state index is 13.3. The van der Waals surface area contributed by atoms with Gasteiger partial charge in [0.05, 0.1) is 17.0 Å². The van der Waals surface area contributed by atoms with Gasteiger partial charge in [-0.05, 0) is 47.7 Å². The molecule has 0 aromatic heterocycles. The van der Waals surface area contributed by atoms with E-state index in [1.165, 1.54) is 23.9 Å². The van der Waals surface area contributed by atoms with Gasteiger partial charge in [0, 0.05) is 0 Å². The van der Waals surface area contributed by atoms with Gasteiger partial charge in [0.1, 0.15) is 11.2 Å². The molecule has 0 radical (unpaired) electrons. The van der Waals surface area contributed by atoms with E-state index in [-0.39, 0.29) is 34.3 Å². The molecule has 1 aliphatic rings. The molecule has 0 spiro atoms. The van der Waals surface area contributed by atoms with Crippen molar-refractivity contribution in [2.45, 2.75) is 32.1 Å². The highest BCUT2D eigenvalue weighted by atomic mass is 32.2. The monoisotopic (exact) mass is 373 g/mol. The smallest absolute Gasteiger partial charge is 0.337 e. The highest BCUT2D eigenvalue weighted by Gasteiger charge is 2.37. The van der Waals surface area contributed by atoms with Crippen LogP contribution in [0.3, 0.4) is 0 Å². The Hall–Kier alpha value is -2.34. The molecular formula is C20H20FNO3S. The normalized spacial score (nSPS) is 17.2. The lowest BCUT2D eigenvalue weighted by Gasteiger charge is -2.29. The van der Waals surface area contributed by atoms with Gasteiger partial charge in [-0.2, -0.15) is 0 Å². The summed E-state index contributed by atoms with van der Waals surface area (Å²) in [5.74, 6) is -1.10. The molecule has 2 aromatic rings. The maximum Gasteiger partial charge on any atom is 0.337 e. The number of anilines is 1. The van der Waals surface area contributed by atoms with Crippen LogP contribution in [0.15, 0.2) is 36.4 Å². The highest BCUT2D eigenvalue weighted by Crippen LogP contribution is 2.45. The summed E-state index contributed by atoms with van der Waals surface area (Å²) in [5.41, 5.74) is 3.12. The van der Waals surface area contributed by atoms with Crippen LogP contribution < -0.4 is 4.90 Å². The number of benzene rings is 2. The van der Waals surface area contributed by atoms with E-state index in [9.17, 15) is 19.1 Å². The summed E-state index contributed by atoms with van der Waals surface area (Å²) in [7, 11) is 0. The topological polar surface area (TPSA) is 57.6 Å². The summed E-state index contributed by atoms with van der Waals surface area (Å²) in [6.45, 7) is 5.92. The average molecular weight is 373 g/mol. The van der Waals surface area contributed by atoms with Crippen LogP contribution in [0, 0.1) is 12.7 Å². The number of aromatic carboxylic acids is 1. The molecule has 0 bridgehead atoms.